The molecule has 0 saturated carbocycles. The van der Waals surface area contributed by atoms with Crippen LogP contribution in [0.5, 0.6) is 5.88 Å². The zero-order chi connectivity index (χ0) is 18.8. The zero-order valence-electron chi connectivity index (χ0n) is 15.2. The summed E-state index contributed by atoms with van der Waals surface area (Å²) in [5, 5.41) is 2.92. The van der Waals surface area contributed by atoms with Gasteiger partial charge >= 0.3 is 0 Å². The lowest BCUT2D eigenvalue weighted by atomic mass is 10.1. The van der Waals surface area contributed by atoms with Crippen molar-refractivity contribution < 1.29 is 9.53 Å². The van der Waals surface area contributed by atoms with Gasteiger partial charge in [0.2, 0.25) is 5.88 Å². The first-order valence-electron chi connectivity index (χ1n) is 9.07. The maximum absolute atomic E-state index is 12.6. The summed E-state index contributed by atoms with van der Waals surface area (Å²) in [5.41, 5.74) is 7.41. The maximum atomic E-state index is 12.6. The lowest BCUT2D eigenvalue weighted by Gasteiger charge is -2.16. The van der Waals surface area contributed by atoms with Crippen LogP contribution in [0.15, 0.2) is 35.7 Å². The van der Waals surface area contributed by atoms with Gasteiger partial charge in [-0.3, -0.25) is 4.79 Å². The third-order valence-corrected chi connectivity index (χ3v) is 5.69. The highest BCUT2D eigenvalue weighted by Crippen LogP contribution is 2.27. The Hall–Kier alpha value is -2.51. The molecular weight excluding hydrogens is 360 g/mol. The average molecular weight is 382 g/mol. The fraction of sp³-hybridized carbons (Fsp3) is 0.350. The molecule has 27 heavy (non-hydrogen) atoms. The number of fused-ring (bicyclic) bond motifs is 1. The molecule has 1 saturated heterocycles. The molecule has 140 valence electrons. The first kappa shape index (κ1) is 17.9. The zero-order valence-corrected chi connectivity index (χ0v) is 16.0. The fourth-order valence-corrected chi connectivity index (χ4v) is 4.13. The summed E-state index contributed by atoms with van der Waals surface area (Å²) >= 11 is 1.58. The number of aromatic nitrogens is 2. The molecule has 1 fully saturated rings. The first-order chi connectivity index (χ1) is 13.1. The van der Waals surface area contributed by atoms with E-state index in [4.69, 9.17) is 10.5 Å². The van der Waals surface area contributed by atoms with E-state index in [1.54, 1.807) is 11.3 Å². The number of rotatable bonds is 5. The van der Waals surface area contributed by atoms with Crippen LogP contribution in [0.2, 0.25) is 0 Å². The molecule has 0 aliphatic carbocycles. The summed E-state index contributed by atoms with van der Waals surface area (Å²) in [5.74, 6) is 1.79. The van der Waals surface area contributed by atoms with Crippen LogP contribution in [-0.4, -0.2) is 40.4 Å². The van der Waals surface area contributed by atoms with Crippen LogP contribution in [0.3, 0.4) is 0 Å². The minimum absolute atomic E-state index is 0.0739. The normalized spacial score (nSPS) is 16.8. The molecule has 1 amide bonds. The maximum Gasteiger partial charge on any atom is 0.253 e. The number of hydrogen-bond donors (Lipinski definition) is 1. The summed E-state index contributed by atoms with van der Waals surface area (Å²) in [6.45, 7) is 4.44. The molecule has 7 heteroatoms. The van der Waals surface area contributed by atoms with E-state index in [2.05, 4.69) is 9.97 Å². The van der Waals surface area contributed by atoms with Gasteiger partial charge in [-0.05, 0) is 54.9 Å². The van der Waals surface area contributed by atoms with Crippen molar-refractivity contribution in [1.82, 2.24) is 14.9 Å². The second-order valence-electron chi connectivity index (χ2n) is 6.84. The number of nitrogens with zero attached hydrogens (tertiary/aromatic N) is 3. The van der Waals surface area contributed by atoms with Gasteiger partial charge in [0.25, 0.3) is 5.91 Å². The monoisotopic (exact) mass is 382 g/mol. The lowest BCUT2D eigenvalue weighted by Crippen LogP contribution is -2.29. The summed E-state index contributed by atoms with van der Waals surface area (Å²) in [6.07, 6.45) is 0.990. The smallest absolute Gasteiger partial charge is 0.253 e. The fourth-order valence-electron chi connectivity index (χ4n) is 3.33. The molecule has 1 atom stereocenters. The Morgan fingerprint density at radius 2 is 2.11 bits per heavy atom. The summed E-state index contributed by atoms with van der Waals surface area (Å²) in [4.78, 5) is 24.2. The van der Waals surface area contributed by atoms with Crippen molar-refractivity contribution in [3.8, 4) is 5.88 Å². The van der Waals surface area contributed by atoms with Gasteiger partial charge in [-0.1, -0.05) is 12.1 Å². The molecule has 4 rings (SSSR count). The van der Waals surface area contributed by atoms with Gasteiger partial charge in [-0.15, -0.1) is 11.3 Å². The van der Waals surface area contributed by atoms with Crippen LogP contribution in [0.1, 0.15) is 28.2 Å². The van der Waals surface area contributed by atoms with Gasteiger partial charge < -0.3 is 15.4 Å². The van der Waals surface area contributed by atoms with Gasteiger partial charge in [0, 0.05) is 18.7 Å². The number of ether oxygens (including phenoxy) is 1. The Morgan fingerprint density at radius 3 is 2.85 bits per heavy atom. The second kappa shape index (κ2) is 7.62. The number of benzene rings is 1. The highest BCUT2D eigenvalue weighted by Gasteiger charge is 2.25. The Kier molecular flexibility index (Phi) is 5.05. The van der Waals surface area contributed by atoms with Crippen molar-refractivity contribution in [1.29, 1.82) is 0 Å². The van der Waals surface area contributed by atoms with Gasteiger partial charge in [0.05, 0.1) is 5.39 Å². The standard InChI is InChI=1S/C20H22N4O2S/c1-13-22-18(17-7-9-27-19(17)23-13)26-12-14-2-4-16(5-3-14)20(25)24-8-6-15(10-21)11-24/h2-5,7,9,15H,6,8,10-12,21H2,1H3. The molecule has 6 nitrogen and oxygen atoms in total. The van der Waals surface area contributed by atoms with Gasteiger partial charge in [-0.25, -0.2) is 4.98 Å². The van der Waals surface area contributed by atoms with E-state index in [0.717, 1.165) is 35.3 Å². The third kappa shape index (κ3) is 3.79. The van der Waals surface area contributed by atoms with Crippen LogP contribution in [0.25, 0.3) is 10.2 Å². The van der Waals surface area contributed by atoms with Gasteiger partial charge in [-0.2, -0.15) is 4.98 Å². The molecule has 3 heterocycles. The quantitative estimate of drug-likeness (QED) is 0.734. The van der Waals surface area contributed by atoms with E-state index < -0.39 is 0 Å². The molecule has 0 spiro atoms. The molecule has 0 radical (unpaired) electrons. The number of aryl methyl sites for hydroxylation is 1. The Labute approximate surface area is 162 Å². The number of amides is 1. The summed E-state index contributed by atoms with van der Waals surface area (Å²) < 4.78 is 5.92. The predicted molar refractivity (Wildman–Crippen MR) is 106 cm³/mol. The van der Waals surface area contributed by atoms with Gasteiger partial charge in [0.1, 0.15) is 17.3 Å². The van der Waals surface area contributed by atoms with Crippen LogP contribution < -0.4 is 10.5 Å². The van der Waals surface area contributed by atoms with Crippen molar-refractivity contribution in [3.63, 3.8) is 0 Å². The lowest BCUT2D eigenvalue weighted by molar-refractivity contribution is 0.0787. The summed E-state index contributed by atoms with van der Waals surface area (Å²) in [7, 11) is 0. The second-order valence-corrected chi connectivity index (χ2v) is 7.74. The van der Waals surface area contributed by atoms with Gasteiger partial charge in [0.15, 0.2) is 0 Å². The Morgan fingerprint density at radius 1 is 1.30 bits per heavy atom. The number of likely N-dealkylation sites (tertiary alicyclic amines) is 1. The molecule has 3 aromatic rings. The van der Waals surface area contributed by atoms with E-state index in [1.165, 1.54) is 0 Å². The SMILES string of the molecule is Cc1nc(OCc2ccc(C(=O)N3CCC(CN)C3)cc2)c2ccsc2n1. The molecule has 2 aromatic heterocycles. The van der Waals surface area contributed by atoms with E-state index in [9.17, 15) is 4.79 Å². The molecule has 1 aliphatic rings. The number of nitrogens with two attached hydrogens (primary N) is 1. The predicted octanol–water partition coefficient (Wildman–Crippen LogP) is 3.00. The number of carbonyl (C=O) groups excluding carboxylic acids is 1. The largest absolute Gasteiger partial charge is 0.472 e. The molecule has 2 N–H and O–H groups in total. The molecule has 1 unspecified atom stereocenters. The number of carbonyl (C=O) groups is 1. The molecule has 1 aliphatic heterocycles. The third-order valence-electron chi connectivity index (χ3n) is 4.88. The molecular formula is C20H22N4O2S. The van der Waals surface area contributed by atoms with E-state index in [-0.39, 0.29) is 5.91 Å². The van der Waals surface area contributed by atoms with Crippen molar-refractivity contribution in [2.75, 3.05) is 19.6 Å². The van der Waals surface area contributed by atoms with E-state index >= 15 is 0 Å². The highest BCUT2D eigenvalue weighted by atomic mass is 32.1. The van der Waals surface area contributed by atoms with Crippen molar-refractivity contribution in [2.24, 2.45) is 11.7 Å². The minimum Gasteiger partial charge on any atom is -0.472 e. The van der Waals surface area contributed by atoms with Crippen molar-refractivity contribution in [2.45, 2.75) is 20.0 Å². The van der Waals surface area contributed by atoms with Crippen LogP contribution >= 0.6 is 11.3 Å². The van der Waals surface area contributed by atoms with Crippen LogP contribution in [-0.2, 0) is 6.61 Å². The van der Waals surface area contributed by atoms with Crippen molar-refractivity contribution >= 4 is 27.5 Å². The molecule has 1 aromatic carbocycles. The van der Waals surface area contributed by atoms with Crippen molar-refractivity contribution in [3.05, 3.63) is 52.7 Å². The van der Waals surface area contributed by atoms with Crippen LogP contribution in [0.4, 0.5) is 0 Å². The number of hydrogen-bond acceptors (Lipinski definition) is 6. The minimum atomic E-state index is 0.0739. The topological polar surface area (TPSA) is 81.3 Å². The van der Waals surface area contributed by atoms with E-state index in [0.29, 0.717) is 36.3 Å². The Bertz CT molecular complexity index is 954. The molecule has 0 bridgehead atoms. The first-order valence-corrected chi connectivity index (χ1v) is 9.95. The van der Waals surface area contributed by atoms with Crippen LogP contribution in [0, 0.1) is 12.8 Å². The number of thiophene rings is 1. The highest BCUT2D eigenvalue weighted by molar-refractivity contribution is 7.16. The van der Waals surface area contributed by atoms with E-state index in [1.807, 2.05) is 47.5 Å². The average Bonchev–Trinajstić information content (AvgIpc) is 3.35. The summed E-state index contributed by atoms with van der Waals surface area (Å²) in [6, 6.07) is 9.57. The Balaban J connectivity index is 1.42.